The number of pyridine rings is 1. The molecule has 0 aromatic carbocycles. The highest BCUT2D eigenvalue weighted by Gasteiger charge is 1.59. The maximum atomic E-state index is 3.66. The van der Waals surface area contributed by atoms with Gasteiger partial charge in [-0.25, -0.2) is 0 Å². The molecule has 1 aromatic heterocycles. The second kappa shape index (κ2) is 4.09. The van der Waals surface area contributed by atoms with Crippen LogP contribution in [-0.2, 0) is 0 Å². The monoisotopic (exact) mass is 104 g/mol. The first-order chi connectivity index (χ1) is 3.00. The predicted octanol–water partition coefficient (Wildman–Crippen LogP) is -0.0344. The zero-order valence-corrected chi connectivity index (χ0v) is 3.26. The minimum absolute atomic E-state index is 0. The molecule has 0 aliphatic heterocycles. The number of hydrogen-bond acceptors (Lipinski definition) is 1. The van der Waals surface area contributed by atoms with Crippen LogP contribution in [0.3, 0.4) is 0 Å². The zero-order valence-electron chi connectivity index (χ0n) is 3.26. The van der Waals surface area contributed by atoms with Crippen molar-refractivity contribution in [1.82, 2.24) is 4.98 Å². The van der Waals surface area contributed by atoms with Crippen molar-refractivity contribution in [2.24, 2.45) is 0 Å². The first-order valence-corrected chi connectivity index (χ1v) is 1.77. The van der Waals surface area contributed by atoms with Crippen LogP contribution in [0.1, 0.15) is 0 Å². The Morgan fingerprint density at radius 2 is 2.14 bits per heavy atom. The predicted molar refractivity (Wildman–Crippen MR) is 31.6 cm³/mol. The van der Waals surface area contributed by atoms with Crippen LogP contribution in [0.2, 0.25) is 0 Å². The van der Waals surface area contributed by atoms with Gasteiger partial charge in [-0.1, -0.05) is 6.07 Å². The molecule has 1 aromatic rings. The maximum absolute atomic E-state index is 3.66. The molecule has 0 fully saturated rings. The van der Waals surface area contributed by atoms with E-state index in [9.17, 15) is 0 Å². The van der Waals surface area contributed by atoms with Crippen molar-refractivity contribution in [3.05, 3.63) is 30.6 Å². The van der Waals surface area contributed by atoms with Gasteiger partial charge < -0.3 is 0 Å². The van der Waals surface area contributed by atoms with E-state index in [2.05, 4.69) is 11.2 Å². The summed E-state index contributed by atoms with van der Waals surface area (Å²) in [6, 6.07) is 5.50. The third kappa shape index (κ3) is 2.59. The fraction of sp³-hybridized carbons (Fsp3) is 0. The molecule has 1 rings (SSSR count). The quantitative estimate of drug-likeness (QED) is 0.421. The summed E-state index contributed by atoms with van der Waals surface area (Å²) in [6.45, 7) is 0. The van der Waals surface area contributed by atoms with Gasteiger partial charge in [-0.05, 0) is 12.1 Å². The van der Waals surface area contributed by atoms with Gasteiger partial charge in [0.2, 0.25) is 0 Å². The van der Waals surface area contributed by atoms with Gasteiger partial charge in [0.25, 0.3) is 0 Å². The van der Waals surface area contributed by atoms with Gasteiger partial charge in [-0.15, -0.1) is 0 Å². The Hall–Kier alpha value is -0.0838. The number of nitrogens with zero attached hydrogens (tertiary/aromatic N) is 1. The average molecular weight is 104 g/mol. The molecule has 1 radical (unpaired) electrons. The summed E-state index contributed by atoms with van der Waals surface area (Å²) in [7, 11) is 0. The maximum Gasteiger partial charge on any atom is 0.316 e. The molecular formula is C5H6MgN. The Morgan fingerprint density at radius 3 is 2.29 bits per heavy atom. The molecule has 0 spiro atoms. The lowest BCUT2D eigenvalue weighted by Crippen LogP contribution is -1.60. The second-order valence-electron chi connectivity index (χ2n) is 0.959. The Balaban J connectivity index is 0.000000360. The molecule has 1 heterocycles. The third-order valence-corrected chi connectivity index (χ3v) is 0.517. The van der Waals surface area contributed by atoms with Crippen LogP contribution >= 0.6 is 0 Å². The SMILES string of the molecule is [MgH2].[c]1ccccn1. The van der Waals surface area contributed by atoms with Crippen molar-refractivity contribution < 1.29 is 0 Å². The average Bonchev–Trinajstić information content (AvgIpc) is 1.72. The lowest BCUT2D eigenvalue weighted by Gasteiger charge is -1.68. The van der Waals surface area contributed by atoms with E-state index < -0.39 is 0 Å². The topological polar surface area (TPSA) is 12.9 Å². The molecule has 0 unspecified atom stereocenters. The van der Waals surface area contributed by atoms with Crippen molar-refractivity contribution in [2.45, 2.75) is 0 Å². The molecule has 2 heteroatoms. The normalized spacial score (nSPS) is 6.86. The molecule has 0 N–H and O–H groups in total. The lowest BCUT2D eigenvalue weighted by atomic mass is 10.5. The Labute approximate surface area is 58.9 Å². The molecule has 0 bridgehead atoms. The number of aromatic nitrogens is 1. The fourth-order valence-electron chi connectivity index (χ4n) is 0.277. The van der Waals surface area contributed by atoms with E-state index in [4.69, 9.17) is 0 Å². The van der Waals surface area contributed by atoms with Crippen LogP contribution in [0.5, 0.6) is 0 Å². The molecule has 0 aliphatic rings. The van der Waals surface area contributed by atoms with E-state index in [0.717, 1.165) is 0 Å². The molecule has 0 saturated heterocycles. The molecule has 1 nitrogen and oxygen atoms in total. The van der Waals surface area contributed by atoms with E-state index in [-0.39, 0.29) is 23.1 Å². The van der Waals surface area contributed by atoms with Gasteiger partial charge in [0.05, 0.1) is 6.20 Å². The largest absolute Gasteiger partial charge is 0.316 e. The van der Waals surface area contributed by atoms with Crippen molar-refractivity contribution in [3.63, 3.8) is 0 Å². The fourth-order valence-corrected chi connectivity index (χ4v) is 0.277. The first-order valence-electron chi connectivity index (χ1n) is 1.77. The van der Waals surface area contributed by atoms with Crippen molar-refractivity contribution in [1.29, 1.82) is 0 Å². The third-order valence-electron chi connectivity index (χ3n) is 0.517. The van der Waals surface area contributed by atoms with E-state index in [1.54, 1.807) is 12.3 Å². The van der Waals surface area contributed by atoms with E-state index >= 15 is 0 Å². The standard InChI is InChI=1S/C5H4N.Mg.2H/c1-2-4-6-5-3-1;;;/h1-4H;;;. The molecule has 7 heavy (non-hydrogen) atoms. The first kappa shape index (κ1) is 6.92. The minimum atomic E-state index is 0. The summed E-state index contributed by atoms with van der Waals surface area (Å²) < 4.78 is 0. The van der Waals surface area contributed by atoms with Gasteiger partial charge in [0.1, 0.15) is 0 Å². The van der Waals surface area contributed by atoms with Crippen LogP contribution in [0.4, 0.5) is 0 Å². The van der Waals surface area contributed by atoms with Crippen LogP contribution < -0.4 is 0 Å². The summed E-state index contributed by atoms with van der Waals surface area (Å²) in [5, 5.41) is 0. The molecular weight excluding hydrogens is 98.4 g/mol. The van der Waals surface area contributed by atoms with Gasteiger partial charge in [-0.3, -0.25) is 4.98 Å². The van der Waals surface area contributed by atoms with Crippen LogP contribution in [0, 0.1) is 6.20 Å². The molecule has 0 saturated carbocycles. The summed E-state index contributed by atoms with van der Waals surface area (Å²) in [6.07, 6.45) is 4.34. The number of rotatable bonds is 0. The Bertz CT molecular complexity index is 80.0. The molecule has 0 amide bonds. The molecule has 33 valence electrons. The molecule has 0 atom stereocenters. The number of hydrogen-bond donors (Lipinski definition) is 0. The van der Waals surface area contributed by atoms with E-state index in [0.29, 0.717) is 0 Å². The minimum Gasteiger partial charge on any atom is -0.255 e. The lowest BCUT2D eigenvalue weighted by molar-refractivity contribution is 1.31. The van der Waals surface area contributed by atoms with Gasteiger partial charge in [0.15, 0.2) is 0 Å². The van der Waals surface area contributed by atoms with Crippen LogP contribution in [-0.4, -0.2) is 28.0 Å². The summed E-state index contributed by atoms with van der Waals surface area (Å²) in [5.41, 5.74) is 0. The summed E-state index contributed by atoms with van der Waals surface area (Å²) >= 11 is 0. The highest BCUT2D eigenvalue weighted by Crippen LogP contribution is 1.72. The van der Waals surface area contributed by atoms with Crippen molar-refractivity contribution >= 4 is 23.1 Å². The summed E-state index contributed by atoms with van der Waals surface area (Å²) in [4.78, 5) is 3.66. The Kier molecular flexibility index (Phi) is 4.04. The van der Waals surface area contributed by atoms with Gasteiger partial charge >= 0.3 is 23.1 Å². The second-order valence-corrected chi connectivity index (χ2v) is 0.959. The van der Waals surface area contributed by atoms with Crippen molar-refractivity contribution in [3.8, 4) is 0 Å². The van der Waals surface area contributed by atoms with E-state index in [1.165, 1.54) is 0 Å². The highest BCUT2D eigenvalue weighted by molar-refractivity contribution is 5.75. The zero-order chi connectivity index (χ0) is 4.24. The Morgan fingerprint density at radius 1 is 1.29 bits per heavy atom. The molecule has 0 aliphatic carbocycles. The highest BCUT2D eigenvalue weighted by atomic mass is 24.3. The van der Waals surface area contributed by atoms with Crippen LogP contribution in [0.25, 0.3) is 0 Å². The van der Waals surface area contributed by atoms with Crippen molar-refractivity contribution in [2.75, 3.05) is 0 Å². The van der Waals surface area contributed by atoms with Gasteiger partial charge in [-0.2, -0.15) is 0 Å². The smallest absolute Gasteiger partial charge is 0.255 e. The van der Waals surface area contributed by atoms with Gasteiger partial charge in [0, 0.05) is 6.20 Å². The van der Waals surface area contributed by atoms with Crippen LogP contribution in [0.15, 0.2) is 24.4 Å². The van der Waals surface area contributed by atoms with E-state index in [1.807, 2.05) is 12.1 Å². The summed E-state index contributed by atoms with van der Waals surface area (Å²) in [5.74, 6) is 0.